The van der Waals surface area contributed by atoms with Crippen molar-refractivity contribution in [1.82, 2.24) is 4.57 Å². The molecule has 0 bridgehead atoms. The molecule has 8 heavy (non-hydrogen) atoms. The summed E-state index contributed by atoms with van der Waals surface area (Å²) in [5.74, 6) is 0. The van der Waals surface area contributed by atoms with Gasteiger partial charge in [-0.15, -0.1) is 6.58 Å². The van der Waals surface area contributed by atoms with E-state index in [0.717, 1.165) is 0 Å². The lowest BCUT2D eigenvalue weighted by molar-refractivity contribution is 0.646. The molecule has 1 atom stereocenters. The molecule has 1 nitrogen and oxygen atoms in total. The molecule has 0 aliphatic heterocycles. The van der Waals surface area contributed by atoms with E-state index in [1.165, 1.54) is 6.04 Å². The standard InChI is InChI=1S/C6H15NSi/c1-5-8(6-2)7(3)4/h5,8H,1,6H2,2-4H3. The Morgan fingerprint density at radius 2 is 2.12 bits per heavy atom. The summed E-state index contributed by atoms with van der Waals surface area (Å²) in [5.41, 5.74) is 2.11. The van der Waals surface area contributed by atoms with E-state index in [1.54, 1.807) is 0 Å². The summed E-state index contributed by atoms with van der Waals surface area (Å²) in [6, 6.07) is 1.29. The van der Waals surface area contributed by atoms with Crippen LogP contribution in [0.25, 0.3) is 0 Å². The van der Waals surface area contributed by atoms with Gasteiger partial charge in [0.15, 0.2) is 0 Å². The molecule has 0 aromatic carbocycles. The Labute approximate surface area is 53.7 Å². The highest BCUT2D eigenvalue weighted by Gasteiger charge is 2.03. The first-order chi connectivity index (χ1) is 3.72. The van der Waals surface area contributed by atoms with E-state index < -0.39 is 8.96 Å². The van der Waals surface area contributed by atoms with E-state index in [0.29, 0.717) is 0 Å². The summed E-state index contributed by atoms with van der Waals surface area (Å²) >= 11 is 0. The zero-order valence-corrected chi connectivity index (χ0v) is 7.17. The van der Waals surface area contributed by atoms with Gasteiger partial charge < -0.3 is 4.57 Å². The Morgan fingerprint density at radius 1 is 1.62 bits per heavy atom. The van der Waals surface area contributed by atoms with E-state index in [9.17, 15) is 0 Å². The number of hydrogen-bond acceptors (Lipinski definition) is 1. The quantitative estimate of drug-likeness (QED) is 0.514. The predicted octanol–water partition coefficient (Wildman–Crippen LogP) is 1.02. The summed E-state index contributed by atoms with van der Waals surface area (Å²) in [7, 11) is 3.59. The Kier molecular flexibility index (Phi) is 3.82. The summed E-state index contributed by atoms with van der Waals surface area (Å²) in [4.78, 5) is 0. The van der Waals surface area contributed by atoms with E-state index >= 15 is 0 Å². The van der Waals surface area contributed by atoms with Gasteiger partial charge >= 0.3 is 0 Å². The molecule has 0 heterocycles. The predicted molar refractivity (Wildman–Crippen MR) is 41.5 cm³/mol. The van der Waals surface area contributed by atoms with E-state index in [2.05, 4.69) is 37.9 Å². The van der Waals surface area contributed by atoms with Crippen LogP contribution in [-0.4, -0.2) is 27.6 Å². The van der Waals surface area contributed by atoms with Crippen molar-refractivity contribution in [2.75, 3.05) is 14.1 Å². The summed E-state index contributed by atoms with van der Waals surface area (Å²) < 4.78 is 2.30. The van der Waals surface area contributed by atoms with Crippen molar-refractivity contribution in [1.29, 1.82) is 0 Å². The third kappa shape index (κ3) is 2.28. The van der Waals surface area contributed by atoms with Gasteiger partial charge in [-0.3, -0.25) is 0 Å². The van der Waals surface area contributed by atoms with Crippen LogP contribution in [0.5, 0.6) is 0 Å². The van der Waals surface area contributed by atoms with Crippen molar-refractivity contribution < 1.29 is 0 Å². The summed E-state index contributed by atoms with van der Waals surface area (Å²) in [6.07, 6.45) is 0. The number of nitrogens with zero attached hydrogens (tertiary/aromatic N) is 1. The fraction of sp³-hybridized carbons (Fsp3) is 0.667. The van der Waals surface area contributed by atoms with Crippen LogP contribution >= 0.6 is 0 Å². The second-order valence-electron chi connectivity index (χ2n) is 2.17. The van der Waals surface area contributed by atoms with Crippen molar-refractivity contribution >= 4 is 8.96 Å². The highest BCUT2D eigenvalue weighted by Crippen LogP contribution is 1.93. The molecule has 0 rings (SSSR count). The highest BCUT2D eigenvalue weighted by molar-refractivity contribution is 6.60. The molecule has 0 spiro atoms. The van der Waals surface area contributed by atoms with Crippen LogP contribution in [0.4, 0.5) is 0 Å². The van der Waals surface area contributed by atoms with Crippen molar-refractivity contribution in [3.8, 4) is 0 Å². The van der Waals surface area contributed by atoms with Gasteiger partial charge in [-0.2, -0.15) is 0 Å². The lowest BCUT2D eigenvalue weighted by Gasteiger charge is -2.15. The van der Waals surface area contributed by atoms with Crippen LogP contribution in [0, 0.1) is 0 Å². The average Bonchev–Trinajstić information content (AvgIpc) is 1.69. The number of rotatable bonds is 3. The van der Waals surface area contributed by atoms with Gasteiger partial charge in [-0.1, -0.05) is 12.6 Å². The van der Waals surface area contributed by atoms with E-state index in [4.69, 9.17) is 0 Å². The molecule has 0 aromatic rings. The Bertz CT molecular complexity index is 70.9. The molecule has 48 valence electrons. The molecule has 2 heteroatoms. The third-order valence-corrected chi connectivity index (χ3v) is 4.06. The first-order valence-corrected chi connectivity index (χ1v) is 5.01. The van der Waals surface area contributed by atoms with Crippen molar-refractivity contribution in [2.45, 2.75) is 13.0 Å². The van der Waals surface area contributed by atoms with Crippen molar-refractivity contribution in [3.63, 3.8) is 0 Å². The lowest BCUT2D eigenvalue weighted by Crippen LogP contribution is -2.29. The first-order valence-electron chi connectivity index (χ1n) is 3.01. The lowest BCUT2D eigenvalue weighted by atomic mass is 11.0. The monoisotopic (exact) mass is 129 g/mol. The van der Waals surface area contributed by atoms with Crippen LogP contribution in [0.2, 0.25) is 6.04 Å². The van der Waals surface area contributed by atoms with E-state index in [-0.39, 0.29) is 0 Å². The van der Waals surface area contributed by atoms with Gasteiger partial charge in [-0.25, -0.2) is 0 Å². The van der Waals surface area contributed by atoms with Crippen LogP contribution in [0.1, 0.15) is 6.92 Å². The van der Waals surface area contributed by atoms with Gasteiger partial charge in [0.05, 0.1) is 0 Å². The molecule has 0 amide bonds. The topological polar surface area (TPSA) is 3.24 Å². The molecular weight excluding hydrogens is 114 g/mol. The first kappa shape index (κ1) is 7.92. The summed E-state index contributed by atoms with van der Waals surface area (Å²) in [6.45, 7) is 5.99. The van der Waals surface area contributed by atoms with Gasteiger partial charge in [-0.05, 0) is 20.1 Å². The molecule has 0 radical (unpaired) electrons. The number of hydrogen-bond donors (Lipinski definition) is 0. The van der Waals surface area contributed by atoms with Crippen LogP contribution in [0.3, 0.4) is 0 Å². The minimum absolute atomic E-state index is 0.668. The van der Waals surface area contributed by atoms with Crippen LogP contribution < -0.4 is 0 Å². The average molecular weight is 129 g/mol. The molecule has 0 aromatic heterocycles. The Hall–Kier alpha value is -0.0831. The largest absolute Gasteiger partial charge is 0.328 e. The minimum atomic E-state index is -0.668. The van der Waals surface area contributed by atoms with Gasteiger partial charge in [0.2, 0.25) is 0 Å². The molecule has 0 saturated carbocycles. The maximum Gasteiger partial charge on any atom is 0.135 e. The van der Waals surface area contributed by atoms with E-state index in [1.807, 2.05) is 0 Å². The molecule has 0 N–H and O–H groups in total. The Balaban J connectivity index is 3.51. The molecule has 0 aliphatic rings. The SMILES string of the molecule is C=C[SiH](CC)N(C)C. The van der Waals surface area contributed by atoms with Gasteiger partial charge in [0, 0.05) is 0 Å². The fourth-order valence-electron chi connectivity index (χ4n) is 0.743. The fourth-order valence-corrected chi connectivity index (χ4v) is 2.23. The van der Waals surface area contributed by atoms with Gasteiger partial charge in [0.25, 0.3) is 0 Å². The van der Waals surface area contributed by atoms with Gasteiger partial charge in [0.1, 0.15) is 8.96 Å². The molecule has 0 aliphatic carbocycles. The Morgan fingerprint density at radius 3 is 2.12 bits per heavy atom. The van der Waals surface area contributed by atoms with Crippen molar-refractivity contribution in [3.05, 3.63) is 12.3 Å². The second kappa shape index (κ2) is 3.86. The third-order valence-electron chi connectivity index (χ3n) is 1.35. The molecule has 0 saturated heterocycles. The zero-order valence-electron chi connectivity index (χ0n) is 6.02. The zero-order chi connectivity index (χ0) is 6.57. The molecule has 1 unspecified atom stereocenters. The van der Waals surface area contributed by atoms with Crippen LogP contribution in [-0.2, 0) is 0 Å². The molecular formula is C6H15NSi. The molecule has 0 fully saturated rings. The maximum atomic E-state index is 3.77. The maximum absolute atomic E-state index is 3.77. The van der Waals surface area contributed by atoms with Crippen molar-refractivity contribution in [2.24, 2.45) is 0 Å². The summed E-state index contributed by atoms with van der Waals surface area (Å²) in [5, 5.41) is 0. The van der Waals surface area contributed by atoms with Crippen LogP contribution in [0.15, 0.2) is 12.3 Å². The normalized spacial score (nSPS) is 14.0. The smallest absolute Gasteiger partial charge is 0.135 e. The minimum Gasteiger partial charge on any atom is -0.328 e. The highest BCUT2D eigenvalue weighted by atomic mass is 28.3. The second-order valence-corrected chi connectivity index (χ2v) is 5.63.